The molecule has 43 heavy (non-hydrogen) atoms. The fourth-order valence-electron chi connectivity index (χ4n) is 8.93. The number of carboxylic acid groups (broad SMARTS) is 1. The molecule has 0 saturated heterocycles. The molecule has 228 valence electrons. The summed E-state index contributed by atoms with van der Waals surface area (Å²) in [6, 6.07) is 4.96. The Morgan fingerprint density at radius 2 is 1.93 bits per heavy atom. The fourth-order valence-corrected chi connectivity index (χ4v) is 8.93. The molecule has 0 spiro atoms. The van der Waals surface area contributed by atoms with Crippen LogP contribution in [0.15, 0.2) is 65.2 Å². The van der Waals surface area contributed by atoms with Gasteiger partial charge in [0.25, 0.3) is 0 Å². The van der Waals surface area contributed by atoms with E-state index in [2.05, 4.69) is 26.0 Å². The molecular formula is C36H42O7. The van der Waals surface area contributed by atoms with Crippen LogP contribution in [-0.2, 0) is 25.5 Å². The highest BCUT2D eigenvalue weighted by atomic mass is 16.5. The van der Waals surface area contributed by atoms with Crippen LogP contribution in [-0.4, -0.2) is 34.4 Å². The third-order valence-electron chi connectivity index (χ3n) is 11.0. The maximum absolute atomic E-state index is 14.6. The summed E-state index contributed by atoms with van der Waals surface area (Å²) in [6.07, 6.45) is 12.3. The third-order valence-corrected chi connectivity index (χ3v) is 11.0. The predicted molar refractivity (Wildman–Crippen MR) is 161 cm³/mol. The molecule has 0 radical (unpaired) electrons. The molecule has 0 bridgehead atoms. The Kier molecular flexibility index (Phi) is 7.42. The van der Waals surface area contributed by atoms with Crippen molar-refractivity contribution in [1.29, 1.82) is 0 Å². The van der Waals surface area contributed by atoms with Crippen LogP contribution in [0.5, 0.6) is 11.5 Å². The van der Waals surface area contributed by atoms with E-state index in [0.717, 1.165) is 30.4 Å². The zero-order valence-corrected chi connectivity index (χ0v) is 25.5. The molecule has 1 heterocycles. The molecule has 2 N–H and O–H groups in total. The van der Waals surface area contributed by atoms with Gasteiger partial charge in [-0.2, -0.15) is 0 Å². The Hall–Kier alpha value is -3.61. The SMILES string of the molecule is CCOC1=CC(=O)[C@@]2(C3=CCc4ccc(O)cc4O3)[C@@H](CC=C(C)[C@@H]2CC2C3CCCC(C)(C)C3=CC[C@@H]2C(=O)O)C1=O. The van der Waals surface area contributed by atoms with Crippen molar-refractivity contribution < 1.29 is 34.1 Å². The normalized spacial score (nSPS) is 33.0. The van der Waals surface area contributed by atoms with Gasteiger partial charge in [-0.05, 0) is 87.3 Å². The second-order valence-electron chi connectivity index (χ2n) is 13.6. The molecule has 7 nitrogen and oxygen atoms in total. The van der Waals surface area contributed by atoms with Crippen LogP contribution in [0.3, 0.4) is 0 Å². The molecule has 2 unspecified atom stereocenters. The minimum absolute atomic E-state index is 0.00517. The summed E-state index contributed by atoms with van der Waals surface area (Å²) in [6.45, 7) is 8.57. The Balaban J connectivity index is 1.50. The first kappa shape index (κ1) is 29.5. The van der Waals surface area contributed by atoms with Crippen LogP contribution < -0.4 is 4.74 Å². The molecule has 1 saturated carbocycles. The lowest BCUT2D eigenvalue weighted by Crippen LogP contribution is -2.56. The molecule has 7 heteroatoms. The van der Waals surface area contributed by atoms with Crippen LogP contribution in [0, 0.1) is 40.4 Å². The number of allylic oxidation sites excluding steroid dienone is 8. The molecule has 1 aliphatic heterocycles. The number of phenolic OH excluding ortho intramolecular Hbond substituents is 1. The van der Waals surface area contributed by atoms with Gasteiger partial charge in [0, 0.05) is 24.0 Å². The number of carbonyl (C=O) groups excluding carboxylic acids is 2. The van der Waals surface area contributed by atoms with E-state index in [9.17, 15) is 24.6 Å². The molecule has 1 fully saturated rings. The number of fused-ring (bicyclic) bond motifs is 3. The average molecular weight is 587 g/mol. The lowest BCUT2D eigenvalue weighted by atomic mass is 9.50. The number of benzene rings is 1. The highest BCUT2D eigenvalue weighted by Crippen LogP contribution is 2.60. The highest BCUT2D eigenvalue weighted by molar-refractivity contribution is 6.13. The largest absolute Gasteiger partial charge is 0.508 e. The predicted octanol–water partition coefficient (Wildman–Crippen LogP) is 6.72. The molecule has 4 aliphatic carbocycles. The van der Waals surface area contributed by atoms with Crippen LogP contribution in [0.2, 0.25) is 0 Å². The topological polar surface area (TPSA) is 110 Å². The molecule has 0 aromatic heterocycles. The number of carbonyl (C=O) groups is 3. The maximum Gasteiger partial charge on any atom is 0.307 e. The molecule has 0 amide bonds. The van der Waals surface area contributed by atoms with E-state index in [1.165, 1.54) is 11.6 Å². The summed E-state index contributed by atoms with van der Waals surface area (Å²) in [4.78, 5) is 41.4. The number of ether oxygens (including phenoxy) is 2. The first-order chi connectivity index (χ1) is 20.5. The smallest absolute Gasteiger partial charge is 0.307 e. The third kappa shape index (κ3) is 4.67. The van der Waals surface area contributed by atoms with Crippen molar-refractivity contribution in [3.05, 3.63) is 70.7 Å². The molecule has 5 aliphatic rings. The van der Waals surface area contributed by atoms with Crippen molar-refractivity contribution >= 4 is 17.5 Å². The number of ketones is 2. The first-order valence-electron chi connectivity index (χ1n) is 15.7. The van der Waals surface area contributed by atoms with Crippen LogP contribution in [0.25, 0.3) is 0 Å². The fraction of sp³-hybridized carbons (Fsp3) is 0.528. The van der Waals surface area contributed by atoms with Crippen LogP contribution in [0.1, 0.15) is 71.8 Å². The van der Waals surface area contributed by atoms with E-state index in [1.54, 1.807) is 25.1 Å². The van der Waals surface area contributed by atoms with Crippen LogP contribution >= 0.6 is 0 Å². The molecule has 1 aromatic carbocycles. The molecule has 6 rings (SSSR count). The summed E-state index contributed by atoms with van der Waals surface area (Å²) in [5.74, 6) is -2.10. The van der Waals surface area contributed by atoms with Gasteiger partial charge in [0.15, 0.2) is 11.5 Å². The van der Waals surface area contributed by atoms with E-state index in [1.807, 2.05) is 13.0 Å². The van der Waals surface area contributed by atoms with Gasteiger partial charge in [0.2, 0.25) is 5.78 Å². The molecule has 1 aromatic rings. The summed E-state index contributed by atoms with van der Waals surface area (Å²) in [7, 11) is 0. The summed E-state index contributed by atoms with van der Waals surface area (Å²) >= 11 is 0. The lowest BCUT2D eigenvalue weighted by molar-refractivity contribution is -0.147. The monoisotopic (exact) mass is 586 g/mol. The van der Waals surface area contributed by atoms with E-state index < -0.39 is 29.1 Å². The number of Topliss-reactive ketones (excluding diaryl/α,β-unsaturated/α-hetero) is 1. The zero-order valence-electron chi connectivity index (χ0n) is 25.5. The molecular weight excluding hydrogens is 544 g/mol. The quantitative estimate of drug-likeness (QED) is 0.356. The number of carboxylic acids is 1. The van der Waals surface area contributed by atoms with Gasteiger partial charge in [-0.15, -0.1) is 0 Å². The van der Waals surface area contributed by atoms with Gasteiger partial charge in [-0.3, -0.25) is 14.4 Å². The van der Waals surface area contributed by atoms with E-state index in [0.29, 0.717) is 37.2 Å². The minimum atomic E-state index is -1.34. The van der Waals surface area contributed by atoms with Crippen molar-refractivity contribution in [2.45, 2.75) is 72.6 Å². The van der Waals surface area contributed by atoms with Gasteiger partial charge >= 0.3 is 5.97 Å². The standard InChI is InChI=1S/C36H42O7/c1-5-42-30-19-31(38)36(32-15-10-21-9-11-22(37)17-29(21)43-32)27(33(30)39)13-8-20(2)28(36)18-25-23-7-6-16-35(3,4)26(23)14-12-24(25)34(40)41/h8-9,11,14-15,17,19,23-25,27-28,37H,5-7,10,12-13,16,18H2,1-4H3,(H,40,41)/t23?,24-,25?,27-,28-,36+/m0/s1. The maximum atomic E-state index is 14.6. The summed E-state index contributed by atoms with van der Waals surface area (Å²) < 4.78 is 12.2. The molecule has 6 atom stereocenters. The summed E-state index contributed by atoms with van der Waals surface area (Å²) in [5, 5.41) is 20.7. The number of aromatic hydroxyl groups is 1. The van der Waals surface area contributed by atoms with Crippen molar-refractivity contribution in [2.24, 2.45) is 40.4 Å². The van der Waals surface area contributed by atoms with Crippen molar-refractivity contribution in [3.8, 4) is 11.5 Å². The van der Waals surface area contributed by atoms with Gasteiger partial charge in [-0.25, -0.2) is 0 Å². The Morgan fingerprint density at radius 3 is 2.67 bits per heavy atom. The lowest BCUT2D eigenvalue weighted by Gasteiger charge is -2.53. The zero-order chi connectivity index (χ0) is 30.7. The van der Waals surface area contributed by atoms with Crippen LogP contribution in [0.4, 0.5) is 0 Å². The number of hydrogen-bond donors (Lipinski definition) is 2. The number of aliphatic carboxylic acids is 1. The average Bonchev–Trinajstić information content (AvgIpc) is 2.96. The van der Waals surface area contributed by atoms with Gasteiger partial charge in [0.1, 0.15) is 22.7 Å². The Morgan fingerprint density at radius 1 is 1.14 bits per heavy atom. The summed E-state index contributed by atoms with van der Waals surface area (Å²) in [5.41, 5.74) is 1.86. The number of phenols is 1. The Labute approximate surface area is 253 Å². The number of rotatable bonds is 6. The second kappa shape index (κ2) is 10.8. The van der Waals surface area contributed by atoms with Gasteiger partial charge in [-0.1, -0.05) is 49.6 Å². The highest BCUT2D eigenvalue weighted by Gasteiger charge is 2.62. The van der Waals surface area contributed by atoms with Crippen molar-refractivity contribution in [3.63, 3.8) is 0 Å². The van der Waals surface area contributed by atoms with Crippen molar-refractivity contribution in [2.75, 3.05) is 6.61 Å². The van der Waals surface area contributed by atoms with E-state index in [-0.39, 0.29) is 46.9 Å². The first-order valence-corrected chi connectivity index (χ1v) is 15.7. The number of hydrogen-bond acceptors (Lipinski definition) is 6. The Bertz CT molecular complexity index is 1490. The van der Waals surface area contributed by atoms with Crippen molar-refractivity contribution in [1.82, 2.24) is 0 Å². The van der Waals surface area contributed by atoms with E-state index in [4.69, 9.17) is 9.47 Å². The minimum Gasteiger partial charge on any atom is -0.508 e. The van der Waals surface area contributed by atoms with E-state index >= 15 is 0 Å². The van der Waals surface area contributed by atoms with Gasteiger partial charge < -0.3 is 19.7 Å². The van der Waals surface area contributed by atoms with Gasteiger partial charge in [0.05, 0.1) is 12.5 Å². The second-order valence-corrected chi connectivity index (χ2v) is 13.6.